The van der Waals surface area contributed by atoms with Crippen molar-refractivity contribution in [3.63, 3.8) is 0 Å². The smallest absolute Gasteiger partial charge is 0.291 e. The zero-order valence-corrected chi connectivity index (χ0v) is 12.8. The summed E-state index contributed by atoms with van der Waals surface area (Å²) in [7, 11) is 0. The van der Waals surface area contributed by atoms with Gasteiger partial charge in [0.2, 0.25) is 5.13 Å². The van der Waals surface area contributed by atoms with Gasteiger partial charge < -0.3 is 9.88 Å². The number of aryl methyl sites for hydroxylation is 2. The van der Waals surface area contributed by atoms with Crippen molar-refractivity contribution in [1.82, 2.24) is 19.7 Å². The predicted octanol–water partition coefficient (Wildman–Crippen LogP) is 3.64. The number of rotatable bonds is 6. The van der Waals surface area contributed by atoms with Crippen LogP contribution in [0.3, 0.4) is 0 Å². The van der Waals surface area contributed by atoms with Crippen molar-refractivity contribution in [2.24, 2.45) is 0 Å². The summed E-state index contributed by atoms with van der Waals surface area (Å²) in [6, 6.07) is 7.99. The first-order valence-electron chi connectivity index (χ1n) is 6.92. The van der Waals surface area contributed by atoms with Crippen molar-refractivity contribution in [3.05, 3.63) is 35.1 Å². The number of nitrogens with zero attached hydrogens (tertiary/aromatic N) is 4. The molecule has 0 aliphatic rings. The van der Waals surface area contributed by atoms with Crippen LogP contribution in [0.5, 0.6) is 0 Å². The topological polar surface area (TPSA) is 55.6 Å². The van der Waals surface area contributed by atoms with Crippen LogP contribution in [0, 0.1) is 6.92 Å². The molecule has 2 aromatic heterocycles. The van der Waals surface area contributed by atoms with Gasteiger partial charge in [0.05, 0.1) is 11.0 Å². The Labute approximate surface area is 130 Å². The van der Waals surface area contributed by atoms with Gasteiger partial charge in [0.1, 0.15) is 5.82 Å². The highest BCUT2D eigenvalue weighted by molar-refractivity contribution is 7.15. The molecule has 3 aromatic rings. The van der Waals surface area contributed by atoms with Crippen LogP contribution in [0.1, 0.15) is 23.7 Å². The Morgan fingerprint density at radius 1 is 1.27 bits per heavy atom. The minimum atomic E-state index is -2.56. The lowest BCUT2D eigenvalue weighted by Crippen LogP contribution is -2.07. The fourth-order valence-electron chi connectivity index (χ4n) is 2.30. The van der Waals surface area contributed by atoms with E-state index in [1.54, 1.807) is 0 Å². The SMILES string of the molecule is Cc1nc2ccccc2n1CCCNc1nnc(C(F)F)s1. The van der Waals surface area contributed by atoms with Crippen molar-refractivity contribution in [2.45, 2.75) is 26.3 Å². The molecule has 0 aliphatic carbocycles. The van der Waals surface area contributed by atoms with Crippen molar-refractivity contribution in [1.29, 1.82) is 0 Å². The fourth-order valence-corrected chi connectivity index (χ4v) is 2.93. The molecule has 116 valence electrons. The highest BCUT2D eigenvalue weighted by Crippen LogP contribution is 2.25. The normalized spacial score (nSPS) is 11.5. The molecule has 1 N–H and O–H groups in total. The third-order valence-electron chi connectivity index (χ3n) is 3.31. The minimum Gasteiger partial charge on any atom is -0.360 e. The summed E-state index contributed by atoms with van der Waals surface area (Å²) in [6.45, 7) is 3.43. The molecule has 0 aliphatic heterocycles. The molecule has 0 spiro atoms. The monoisotopic (exact) mass is 323 g/mol. The average Bonchev–Trinajstić information content (AvgIpc) is 3.08. The van der Waals surface area contributed by atoms with Gasteiger partial charge in [0.25, 0.3) is 6.43 Å². The van der Waals surface area contributed by atoms with Crippen LogP contribution in [0.15, 0.2) is 24.3 Å². The van der Waals surface area contributed by atoms with Gasteiger partial charge in [-0.3, -0.25) is 0 Å². The molecule has 0 amide bonds. The molecule has 22 heavy (non-hydrogen) atoms. The highest BCUT2D eigenvalue weighted by Gasteiger charge is 2.13. The standard InChI is InChI=1S/C14H15F2N5S/c1-9-18-10-5-2-3-6-11(10)21(9)8-4-7-17-14-20-19-13(22-14)12(15)16/h2-3,5-6,12H,4,7-8H2,1H3,(H,17,20). The van der Waals surface area contributed by atoms with E-state index in [2.05, 4.69) is 25.1 Å². The number of halogens is 2. The molecule has 0 unspecified atom stereocenters. The Kier molecular flexibility index (Phi) is 4.28. The second-order valence-corrected chi connectivity index (χ2v) is 5.83. The molecule has 0 saturated heterocycles. The molecule has 1 aromatic carbocycles. The lowest BCUT2D eigenvalue weighted by molar-refractivity contribution is 0.150. The molecular weight excluding hydrogens is 308 g/mol. The van der Waals surface area contributed by atoms with Crippen LogP contribution in [-0.4, -0.2) is 26.3 Å². The molecule has 0 saturated carbocycles. The molecule has 8 heteroatoms. The van der Waals surface area contributed by atoms with Crippen molar-refractivity contribution in [3.8, 4) is 0 Å². The summed E-state index contributed by atoms with van der Waals surface area (Å²) < 4.78 is 27.0. The van der Waals surface area contributed by atoms with E-state index < -0.39 is 6.43 Å². The molecule has 0 atom stereocenters. The molecule has 0 radical (unpaired) electrons. The van der Waals surface area contributed by atoms with Gasteiger partial charge in [-0.2, -0.15) is 0 Å². The lowest BCUT2D eigenvalue weighted by Gasteiger charge is -2.07. The van der Waals surface area contributed by atoms with Crippen LogP contribution in [0.4, 0.5) is 13.9 Å². The number of anilines is 1. The van der Waals surface area contributed by atoms with Crippen molar-refractivity contribution < 1.29 is 8.78 Å². The molecule has 0 bridgehead atoms. The van der Waals surface area contributed by atoms with E-state index in [4.69, 9.17) is 0 Å². The Hall–Kier alpha value is -2.09. The van der Waals surface area contributed by atoms with E-state index in [9.17, 15) is 8.78 Å². The fraction of sp³-hybridized carbons (Fsp3) is 0.357. The van der Waals surface area contributed by atoms with Crippen LogP contribution >= 0.6 is 11.3 Å². The van der Waals surface area contributed by atoms with E-state index in [0.717, 1.165) is 41.2 Å². The summed E-state index contributed by atoms with van der Waals surface area (Å²) >= 11 is 0.892. The molecule has 5 nitrogen and oxygen atoms in total. The third-order valence-corrected chi connectivity index (χ3v) is 4.20. The first-order valence-corrected chi connectivity index (χ1v) is 7.74. The summed E-state index contributed by atoms with van der Waals surface area (Å²) in [5.74, 6) is 0.970. The quantitative estimate of drug-likeness (QED) is 0.704. The van der Waals surface area contributed by atoms with E-state index in [1.807, 2.05) is 31.2 Å². The number of benzene rings is 1. The first-order chi connectivity index (χ1) is 10.6. The van der Waals surface area contributed by atoms with E-state index in [-0.39, 0.29) is 5.01 Å². The van der Waals surface area contributed by atoms with Gasteiger partial charge in [-0.05, 0) is 25.5 Å². The van der Waals surface area contributed by atoms with Gasteiger partial charge in [0.15, 0.2) is 5.01 Å². The second kappa shape index (κ2) is 6.35. The summed E-state index contributed by atoms with van der Waals surface area (Å²) in [5, 5.41) is 10.3. The van der Waals surface area contributed by atoms with Crippen LogP contribution in [0.25, 0.3) is 11.0 Å². The Morgan fingerprint density at radius 2 is 2.09 bits per heavy atom. The number of aromatic nitrogens is 4. The lowest BCUT2D eigenvalue weighted by atomic mass is 10.3. The van der Waals surface area contributed by atoms with Crippen LogP contribution < -0.4 is 5.32 Å². The summed E-state index contributed by atoms with van der Waals surface area (Å²) in [4.78, 5) is 4.51. The maximum Gasteiger partial charge on any atom is 0.291 e. The zero-order valence-electron chi connectivity index (χ0n) is 12.0. The Morgan fingerprint density at radius 3 is 2.86 bits per heavy atom. The number of hydrogen-bond acceptors (Lipinski definition) is 5. The van der Waals surface area contributed by atoms with Gasteiger partial charge >= 0.3 is 0 Å². The second-order valence-electron chi connectivity index (χ2n) is 4.83. The van der Waals surface area contributed by atoms with Gasteiger partial charge in [-0.25, -0.2) is 13.8 Å². The first kappa shape index (κ1) is 14.8. The number of fused-ring (bicyclic) bond motifs is 1. The molecular formula is C14H15F2N5S. The van der Waals surface area contributed by atoms with E-state index in [0.29, 0.717) is 11.7 Å². The van der Waals surface area contributed by atoms with Crippen LogP contribution in [0.2, 0.25) is 0 Å². The van der Waals surface area contributed by atoms with Gasteiger partial charge in [0, 0.05) is 13.1 Å². The molecule has 3 rings (SSSR count). The average molecular weight is 323 g/mol. The Balaban J connectivity index is 1.57. The van der Waals surface area contributed by atoms with Gasteiger partial charge in [-0.15, -0.1) is 10.2 Å². The zero-order chi connectivity index (χ0) is 15.5. The molecule has 0 fully saturated rings. The number of hydrogen-bond donors (Lipinski definition) is 1. The summed E-state index contributed by atoms with van der Waals surface area (Å²) in [5.41, 5.74) is 2.09. The largest absolute Gasteiger partial charge is 0.360 e. The summed E-state index contributed by atoms with van der Waals surface area (Å²) in [6.07, 6.45) is -1.72. The number of imidazole rings is 1. The third kappa shape index (κ3) is 3.06. The minimum absolute atomic E-state index is 0.251. The number of alkyl halides is 2. The number of nitrogens with one attached hydrogen (secondary N) is 1. The van der Waals surface area contributed by atoms with Crippen molar-refractivity contribution in [2.75, 3.05) is 11.9 Å². The number of para-hydroxylation sites is 2. The van der Waals surface area contributed by atoms with E-state index >= 15 is 0 Å². The van der Waals surface area contributed by atoms with Crippen LogP contribution in [-0.2, 0) is 6.54 Å². The van der Waals surface area contributed by atoms with E-state index in [1.165, 1.54) is 0 Å². The predicted molar refractivity (Wildman–Crippen MR) is 82.4 cm³/mol. The van der Waals surface area contributed by atoms with Gasteiger partial charge in [-0.1, -0.05) is 23.5 Å². The Bertz CT molecular complexity index is 768. The maximum absolute atomic E-state index is 12.4. The highest BCUT2D eigenvalue weighted by atomic mass is 32.1. The maximum atomic E-state index is 12.4. The van der Waals surface area contributed by atoms with Crippen molar-refractivity contribution >= 4 is 27.5 Å². The molecule has 2 heterocycles.